The quantitative estimate of drug-likeness (QED) is 0.174. The lowest BCUT2D eigenvalue weighted by atomic mass is 9.82. The fourth-order valence-electron chi connectivity index (χ4n) is 3.68. The third-order valence-electron chi connectivity index (χ3n) is 5.66. The molecule has 3 atom stereocenters. The molecule has 0 aromatic heterocycles. The number of carbonyl (C=O) groups excluding carboxylic acids is 2. The fourth-order valence-corrected chi connectivity index (χ4v) is 3.68. The van der Waals surface area contributed by atoms with Gasteiger partial charge in [-0.15, -0.1) is 0 Å². The van der Waals surface area contributed by atoms with Gasteiger partial charge in [0.05, 0.1) is 5.69 Å². The molecule has 31 heavy (non-hydrogen) atoms. The molecular weight excluding hydrogens is 398 g/mol. The molecule has 0 radical (unpaired) electrons. The zero-order valence-electron chi connectivity index (χ0n) is 18.6. The Morgan fingerprint density at radius 3 is 2.58 bits per heavy atom. The van der Waals surface area contributed by atoms with E-state index in [0.29, 0.717) is 24.6 Å². The predicted molar refractivity (Wildman–Crippen MR) is 117 cm³/mol. The van der Waals surface area contributed by atoms with Gasteiger partial charge >= 0.3 is 6.16 Å². The Labute approximate surface area is 183 Å². The summed E-state index contributed by atoms with van der Waals surface area (Å²) in [4.78, 5) is 26.3. The number of benzene rings is 1. The van der Waals surface area contributed by atoms with E-state index in [1.807, 2.05) is 26.8 Å². The van der Waals surface area contributed by atoms with E-state index in [9.17, 15) is 20.0 Å². The van der Waals surface area contributed by atoms with Gasteiger partial charge in [0.2, 0.25) is 0 Å². The standard InChI is InChI=1S/C23H31N3O5/c1-5-26(6-2)22(28)17(13-24)10-16-11-18(25)21(27)20(12-16)31-23(29)30-19-9-14(3)7-8-15(19)4/h10-12,14-15,19,27H,5-9,25H2,1-4H3/b17-10+. The first kappa shape index (κ1) is 24.1. The van der Waals surface area contributed by atoms with Crippen molar-refractivity contribution in [1.29, 1.82) is 5.26 Å². The van der Waals surface area contributed by atoms with Crippen molar-refractivity contribution < 1.29 is 24.2 Å². The largest absolute Gasteiger partial charge is 0.514 e. The third kappa shape index (κ3) is 6.14. The summed E-state index contributed by atoms with van der Waals surface area (Å²) in [6.07, 6.45) is 2.98. The maximum atomic E-state index is 12.5. The number of nitrogen functional groups attached to an aromatic ring is 1. The topological polar surface area (TPSA) is 126 Å². The number of amides is 1. The van der Waals surface area contributed by atoms with E-state index in [1.165, 1.54) is 23.1 Å². The normalized spacial score (nSPS) is 21.1. The highest BCUT2D eigenvalue weighted by atomic mass is 16.7. The maximum Gasteiger partial charge on any atom is 0.514 e. The van der Waals surface area contributed by atoms with Crippen molar-refractivity contribution in [3.8, 4) is 17.6 Å². The predicted octanol–water partition coefficient (Wildman–Crippen LogP) is 4.09. The van der Waals surface area contributed by atoms with E-state index in [1.54, 1.807) is 0 Å². The molecule has 0 saturated heterocycles. The van der Waals surface area contributed by atoms with Crippen molar-refractivity contribution in [3.05, 3.63) is 23.3 Å². The first-order valence-electron chi connectivity index (χ1n) is 10.6. The molecule has 0 aliphatic heterocycles. The van der Waals surface area contributed by atoms with Gasteiger partial charge in [0.25, 0.3) is 5.91 Å². The van der Waals surface area contributed by atoms with Crippen LogP contribution in [0.25, 0.3) is 6.08 Å². The summed E-state index contributed by atoms with van der Waals surface area (Å²) in [5, 5.41) is 19.6. The van der Waals surface area contributed by atoms with E-state index < -0.39 is 17.8 Å². The van der Waals surface area contributed by atoms with E-state index in [4.69, 9.17) is 15.2 Å². The van der Waals surface area contributed by atoms with Crippen LogP contribution in [0.2, 0.25) is 0 Å². The second kappa shape index (κ2) is 10.7. The summed E-state index contributed by atoms with van der Waals surface area (Å²) in [6.45, 7) is 8.71. The van der Waals surface area contributed by atoms with Crippen LogP contribution >= 0.6 is 0 Å². The molecule has 8 heteroatoms. The van der Waals surface area contributed by atoms with Gasteiger partial charge in [-0.2, -0.15) is 5.26 Å². The highest BCUT2D eigenvalue weighted by Gasteiger charge is 2.29. The number of likely N-dealkylation sites (N-methyl/N-ethyl adjacent to an activating group) is 1. The van der Waals surface area contributed by atoms with E-state index in [2.05, 4.69) is 6.92 Å². The van der Waals surface area contributed by atoms with Crippen LogP contribution in [0.5, 0.6) is 11.5 Å². The van der Waals surface area contributed by atoms with Crippen molar-refractivity contribution in [1.82, 2.24) is 4.90 Å². The van der Waals surface area contributed by atoms with Gasteiger partial charge in [-0.3, -0.25) is 4.79 Å². The lowest BCUT2D eigenvalue weighted by molar-refractivity contribution is -0.126. The summed E-state index contributed by atoms with van der Waals surface area (Å²) >= 11 is 0. The van der Waals surface area contributed by atoms with Gasteiger partial charge in [0, 0.05) is 13.1 Å². The Morgan fingerprint density at radius 2 is 1.97 bits per heavy atom. The smallest absolute Gasteiger partial charge is 0.503 e. The first-order valence-corrected chi connectivity index (χ1v) is 10.6. The fraction of sp³-hybridized carbons (Fsp3) is 0.522. The molecule has 1 amide bonds. The maximum absolute atomic E-state index is 12.5. The Hall–Kier alpha value is -3.21. The van der Waals surface area contributed by atoms with Crippen molar-refractivity contribution >= 4 is 23.8 Å². The van der Waals surface area contributed by atoms with Gasteiger partial charge in [0.15, 0.2) is 11.5 Å². The van der Waals surface area contributed by atoms with Crippen LogP contribution in [0.15, 0.2) is 17.7 Å². The van der Waals surface area contributed by atoms with Crippen molar-refractivity contribution in [2.45, 2.75) is 53.1 Å². The first-order chi connectivity index (χ1) is 14.7. The number of phenols is 1. The number of phenolic OH excluding ortho intramolecular Hbond substituents is 1. The zero-order chi connectivity index (χ0) is 23.1. The minimum atomic E-state index is -0.929. The monoisotopic (exact) mass is 429 g/mol. The van der Waals surface area contributed by atoms with E-state index >= 15 is 0 Å². The molecule has 168 valence electrons. The summed E-state index contributed by atoms with van der Waals surface area (Å²) in [5.74, 6) is -0.338. The molecule has 8 nitrogen and oxygen atoms in total. The Kier molecular flexibility index (Phi) is 8.31. The highest BCUT2D eigenvalue weighted by Crippen LogP contribution is 2.36. The molecule has 1 saturated carbocycles. The molecule has 1 fully saturated rings. The van der Waals surface area contributed by atoms with Crippen LogP contribution in [0.4, 0.5) is 10.5 Å². The van der Waals surface area contributed by atoms with Crippen molar-refractivity contribution in [3.63, 3.8) is 0 Å². The third-order valence-corrected chi connectivity index (χ3v) is 5.66. The molecule has 1 aliphatic rings. The van der Waals surface area contributed by atoms with Gasteiger partial charge in [-0.25, -0.2) is 4.79 Å². The van der Waals surface area contributed by atoms with Gasteiger partial charge in [0.1, 0.15) is 17.7 Å². The molecule has 0 spiro atoms. The molecule has 1 aliphatic carbocycles. The minimum Gasteiger partial charge on any atom is -0.503 e. The summed E-state index contributed by atoms with van der Waals surface area (Å²) in [5.41, 5.74) is 6.04. The molecule has 2 rings (SSSR count). The van der Waals surface area contributed by atoms with Crippen LogP contribution < -0.4 is 10.5 Å². The molecule has 0 heterocycles. The van der Waals surface area contributed by atoms with Gasteiger partial charge in [-0.1, -0.05) is 20.3 Å². The molecule has 3 unspecified atom stereocenters. The molecule has 1 aromatic carbocycles. The number of ether oxygens (including phenoxy) is 2. The molecule has 1 aromatic rings. The molecule has 0 bridgehead atoms. The Morgan fingerprint density at radius 1 is 1.29 bits per heavy atom. The average Bonchev–Trinajstić information content (AvgIpc) is 2.73. The van der Waals surface area contributed by atoms with Crippen molar-refractivity contribution in [2.24, 2.45) is 11.8 Å². The summed E-state index contributed by atoms with van der Waals surface area (Å²) in [6, 6.07) is 4.63. The lowest BCUT2D eigenvalue weighted by Crippen LogP contribution is -2.32. The van der Waals surface area contributed by atoms with Crippen LogP contribution in [-0.2, 0) is 9.53 Å². The van der Waals surface area contributed by atoms with Crippen LogP contribution in [0.3, 0.4) is 0 Å². The number of rotatable bonds is 6. The summed E-state index contributed by atoms with van der Waals surface area (Å²) < 4.78 is 10.7. The van der Waals surface area contributed by atoms with E-state index in [-0.39, 0.29) is 29.0 Å². The van der Waals surface area contributed by atoms with Crippen LogP contribution in [0.1, 0.15) is 52.5 Å². The second-order valence-electron chi connectivity index (χ2n) is 8.01. The molecular formula is C23H31N3O5. The number of carbonyl (C=O) groups is 2. The number of hydrogen-bond acceptors (Lipinski definition) is 7. The zero-order valence-corrected chi connectivity index (χ0v) is 18.6. The summed E-state index contributed by atoms with van der Waals surface area (Å²) in [7, 11) is 0. The SMILES string of the molecule is CCN(CC)C(=O)/C(C#N)=C/c1cc(N)c(O)c(OC(=O)OC2CC(C)CCC2C)c1. The van der Waals surface area contributed by atoms with E-state index in [0.717, 1.165) is 19.3 Å². The highest BCUT2D eigenvalue weighted by molar-refractivity contribution is 6.01. The Bertz CT molecular complexity index is 886. The van der Waals surface area contributed by atoms with Crippen molar-refractivity contribution in [2.75, 3.05) is 18.8 Å². The van der Waals surface area contributed by atoms with Gasteiger partial charge in [-0.05, 0) is 62.3 Å². The lowest BCUT2D eigenvalue weighted by Gasteiger charge is -2.31. The number of nitrogens with zero attached hydrogens (tertiary/aromatic N) is 2. The number of aromatic hydroxyl groups is 1. The molecule has 3 N–H and O–H groups in total. The minimum absolute atomic E-state index is 0.0521. The Balaban J connectivity index is 2.23. The average molecular weight is 430 g/mol. The number of anilines is 1. The van der Waals surface area contributed by atoms with Gasteiger partial charge < -0.3 is 25.2 Å². The number of hydrogen-bond donors (Lipinski definition) is 2. The number of nitriles is 1. The van der Waals surface area contributed by atoms with Crippen LogP contribution in [0, 0.1) is 23.2 Å². The number of nitrogens with two attached hydrogens (primary N) is 1. The second-order valence-corrected chi connectivity index (χ2v) is 8.01. The van der Waals surface area contributed by atoms with Crippen LogP contribution in [-0.4, -0.2) is 41.3 Å².